The lowest BCUT2D eigenvalue weighted by atomic mass is 9.63. The maximum Gasteiger partial charge on any atom is 0.233 e. The highest BCUT2D eigenvalue weighted by Crippen LogP contribution is 2.45. The van der Waals surface area contributed by atoms with Gasteiger partial charge in [-0.1, -0.05) is 30.2 Å². The van der Waals surface area contributed by atoms with Gasteiger partial charge in [-0.3, -0.25) is 9.59 Å². The number of hydrogen-bond acceptors (Lipinski definition) is 2. The molecule has 0 spiro atoms. The molecule has 0 bridgehead atoms. The van der Waals surface area contributed by atoms with Crippen molar-refractivity contribution in [3.8, 4) is 0 Å². The number of halogens is 1. The molecule has 0 N–H and O–H groups in total. The SMILES string of the molecule is CC(=O)N1CCCN(C(=O)C2(c3ccc(Cl)cc3)CCC2)CC1. The number of carbonyl (C=O) groups is 2. The molecule has 23 heavy (non-hydrogen) atoms. The molecule has 0 radical (unpaired) electrons. The van der Waals surface area contributed by atoms with Crippen LogP contribution in [0.3, 0.4) is 0 Å². The fourth-order valence-electron chi connectivity index (χ4n) is 3.66. The predicted octanol–water partition coefficient (Wildman–Crippen LogP) is 2.84. The second kappa shape index (κ2) is 6.52. The summed E-state index contributed by atoms with van der Waals surface area (Å²) in [6, 6.07) is 7.70. The molecular formula is C18H23ClN2O2. The van der Waals surface area contributed by atoms with Crippen molar-refractivity contribution in [2.24, 2.45) is 0 Å². The summed E-state index contributed by atoms with van der Waals surface area (Å²) in [6.07, 6.45) is 3.74. The molecule has 3 rings (SSSR count). The summed E-state index contributed by atoms with van der Waals surface area (Å²) in [7, 11) is 0. The van der Waals surface area contributed by atoms with Crippen LogP contribution in [0.25, 0.3) is 0 Å². The Morgan fingerprint density at radius 1 is 0.957 bits per heavy atom. The number of hydrogen-bond donors (Lipinski definition) is 0. The maximum atomic E-state index is 13.2. The van der Waals surface area contributed by atoms with Gasteiger partial charge in [0.2, 0.25) is 11.8 Å². The van der Waals surface area contributed by atoms with E-state index in [0.717, 1.165) is 44.3 Å². The number of amides is 2. The molecule has 0 aromatic heterocycles. The average Bonchev–Trinajstić information content (AvgIpc) is 2.74. The van der Waals surface area contributed by atoms with Crippen LogP contribution >= 0.6 is 11.6 Å². The van der Waals surface area contributed by atoms with E-state index in [4.69, 9.17) is 11.6 Å². The maximum absolute atomic E-state index is 13.2. The predicted molar refractivity (Wildman–Crippen MR) is 90.4 cm³/mol. The van der Waals surface area contributed by atoms with Gasteiger partial charge in [0.15, 0.2) is 0 Å². The third-order valence-corrected chi connectivity index (χ3v) is 5.49. The van der Waals surface area contributed by atoms with Gasteiger partial charge in [-0.15, -0.1) is 0 Å². The van der Waals surface area contributed by atoms with Crippen molar-refractivity contribution in [2.45, 2.75) is 38.0 Å². The molecular weight excluding hydrogens is 312 g/mol. The van der Waals surface area contributed by atoms with Crippen molar-refractivity contribution in [1.29, 1.82) is 0 Å². The molecule has 1 saturated carbocycles. The Labute approximate surface area is 142 Å². The first-order valence-corrected chi connectivity index (χ1v) is 8.72. The van der Waals surface area contributed by atoms with E-state index in [0.29, 0.717) is 18.1 Å². The van der Waals surface area contributed by atoms with E-state index in [9.17, 15) is 9.59 Å². The molecule has 0 atom stereocenters. The topological polar surface area (TPSA) is 40.6 Å². The van der Waals surface area contributed by atoms with Gasteiger partial charge in [0.25, 0.3) is 0 Å². The molecule has 4 nitrogen and oxygen atoms in total. The lowest BCUT2D eigenvalue weighted by Gasteiger charge is -2.44. The van der Waals surface area contributed by atoms with E-state index < -0.39 is 0 Å². The Hall–Kier alpha value is -1.55. The quantitative estimate of drug-likeness (QED) is 0.834. The van der Waals surface area contributed by atoms with Crippen molar-refractivity contribution in [3.63, 3.8) is 0 Å². The summed E-state index contributed by atoms with van der Waals surface area (Å²) in [5, 5.41) is 0.697. The molecule has 124 valence electrons. The minimum absolute atomic E-state index is 0.0929. The van der Waals surface area contributed by atoms with E-state index >= 15 is 0 Å². The summed E-state index contributed by atoms with van der Waals surface area (Å²) < 4.78 is 0. The molecule has 2 amide bonds. The van der Waals surface area contributed by atoms with Crippen LogP contribution in [0.1, 0.15) is 38.2 Å². The van der Waals surface area contributed by atoms with E-state index in [1.165, 1.54) is 0 Å². The van der Waals surface area contributed by atoms with Crippen LogP contribution in [-0.4, -0.2) is 47.8 Å². The zero-order chi connectivity index (χ0) is 16.4. The lowest BCUT2D eigenvalue weighted by Crippen LogP contribution is -2.52. The Morgan fingerprint density at radius 3 is 2.13 bits per heavy atom. The molecule has 0 unspecified atom stereocenters. The van der Waals surface area contributed by atoms with E-state index in [1.54, 1.807) is 6.92 Å². The van der Waals surface area contributed by atoms with Gasteiger partial charge < -0.3 is 9.80 Å². The second-order valence-corrected chi connectivity index (χ2v) is 7.03. The van der Waals surface area contributed by atoms with Crippen LogP contribution in [0.5, 0.6) is 0 Å². The molecule has 1 aromatic rings. The van der Waals surface area contributed by atoms with Crippen LogP contribution in [0.4, 0.5) is 0 Å². The number of nitrogens with zero attached hydrogens (tertiary/aromatic N) is 2. The van der Waals surface area contributed by atoms with Gasteiger partial charge in [0.1, 0.15) is 0 Å². The summed E-state index contributed by atoms with van der Waals surface area (Å²) in [6.45, 7) is 4.34. The van der Waals surface area contributed by atoms with Crippen LogP contribution in [0.15, 0.2) is 24.3 Å². The summed E-state index contributed by atoms with van der Waals surface area (Å²) in [5.41, 5.74) is 0.696. The molecule has 1 aromatic carbocycles. The van der Waals surface area contributed by atoms with Gasteiger partial charge in [0, 0.05) is 38.1 Å². The zero-order valence-corrected chi connectivity index (χ0v) is 14.3. The van der Waals surface area contributed by atoms with Gasteiger partial charge in [-0.25, -0.2) is 0 Å². The largest absolute Gasteiger partial charge is 0.341 e. The first-order valence-electron chi connectivity index (χ1n) is 8.34. The van der Waals surface area contributed by atoms with Crippen molar-refractivity contribution >= 4 is 23.4 Å². The average molecular weight is 335 g/mol. The Kier molecular flexibility index (Phi) is 4.62. The first-order chi connectivity index (χ1) is 11.0. The van der Waals surface area contributed by atoms with E-state index in [1.807, 2.05) is 34.1 Å². The molecule has 1 aliphatic carbocycles. The first kappa shape index (κ1) is 16.3. The number of carbonyl (C=O) groups excluding carboxylic acids is 2. The van der Waals surface area contributed by atoms with Crippen LogP contribution in [0, 0.1) is 0 Å². The number of rotatable bonds is 2. The molecule has 1 aliphatic heterocycles. The molecule has 1 heterocycles. The lowest BCUT2D eigenvalue weighted by molar-refractivity contribution is -0.141. The standard InChI is InChI=1S/C18H23ClN2O2/c1-14(22)20-10-3-11-21(13-12-20)17(23)18(8-2-9-18)15-4-6-16(19)7-5-15/h4-7H,2-3,8-13H2,1H3. The van der Waals surface area contributed by atoms with E-state index in [-0.39, 0.29) is 17.2 Å². The third-order valence-electron chi connectivity index (χ3n) is 5.24. The molecule has 5 heteroatoms. The highest BCUT2D eigenvalue weighted by molar-refractivity contribution is 6.30. The monoisotopic (exact) mass is 334 g/mol. The van der Waals surface area contributed by atoms with Gasteiger partial charge in [-0.05, 0) is 37.0 Å². The minimum atomic E-state index is -0.379. The Morgan fingerprint density at radius 2 is 1.57 bits per heavy atom. The van der Waals surface area contributed by atoms with Crippen LogP contribution in [-0.2, 0) is 15.0 Å². The van der Waals surface area contributed by atoms with Crippen LogP contribution in [0.2, 0.25) is 5.02 Å². The minimum Gasteiger partial charge on any atom is -0.341 e. The highest BCUT2D eigenvalue weighted by Gasteiger charge is 2.47. The van der Waals surface area contributed by atoms with Gasteiger partial charge in [-0.2, -0.15) is 0 Å². The van der Waals surface area contributed by atoms with Crippen LogP contribution < -0.4 is 0 Å². The Bertz CT molecular complexity index is 596. The van der Waals surface area contributed by atoms with E-state index in [2.05, 4.69) is 0 Å². The smallest absolute Gasteiger partial charge is 0.233 e. The van der Waals surface area contributed by atoms with Crippen molar-refractivity contribution in [3.05, 3.63) is 34.9 Å². The molecule has 2 aliphatic rings. The Balaban J connectivity index is 1.77. The highest BCUT2D eigenvalue weighted by atomic mass is 35.5. The number of benzene rings is 1. The van der Waals surface area contributed by atoms with Crippen molar-refractivity contribution < 1.29 is 9.59 Å². The summed E-state index contributed by atoms with van der Waals surface area (Å²) in [4.78, 5) is 28.6. The normalized spacial score (nSPS) is 20.6. The summed E-state index contributed by atoms with van der Waals surface area (Å²) in [5.74, 6) is 0.312. The van der Waals surface area contributed by atoms with Gasteiger partial charge >= 0.3 is 0 Å². The second-order valence-electron chi connectivity index (χ2n) is 6.59. The molecule has 1 saturated heterocycles. The van der Waals surface area contributed by atoms with Crippen molar-refractivity contribution in [2.75, 3.05) is 26.2 Å². The third kappa shape index (κ3) is 3.09. The zero-order valence-electron chi connectivity index (χ0n) is 13.6. The van der Waals surface area contributed by atoms with Gasteiger partial charge in [0.05, 0.1) is 5.41 Å². The summed E-state index contributed by atoms with van der Waals surface area (Å²) >= 11 is 5.99. The molecule has 2 fully saturated rings. The fourth-order valence-corrected chi connectivity index (χ4v) is 3.79. The van der Waals surface area contributed by atoms with Crippen molar-refractivity contribution in [1.82, 2.24) is 9.80 Å². The fraction of sp³-hybridized carbons (Fsp3) is 0.556.